The van der Waals surface area contributed by atoms with E-state index in [2.05, 4.69) is 16.4 Å². The van der Waals surface area contributed by atoms with Crippen LogP contribution in [-0.4, -0.2) is 18.1 Å². The molecule has 0 spiro atoms. The molecule has 5 nitrogen and oxygen atoms in total. The fourth-order valence-corrected chi connectivity index (χ4v) is 2.78. The van der Waals surface area contributed by atoms with Crippen LogP contribution in [0, 0.1) is 0 Å². The molecule has 0 aliphatic carbocycles. The maximum atomic E-state index is 11.6. The molecular weight excluding hydrogens is 286 g/mol. The van der Waals surface area contributed by atoms with Crippen LogP contribution in [0.1, 0.15) is 10.4 Å². The zero-order valence-electron chi connectivity index (χ0n) is 11.3. The van der Waals surface area contributed by atoms with Gasteiger partial charge in [-0.1, -0.05) is 0 Å². The van der Waals surface area contributed by atoms with E-state index in [1.165, 1.54) is 18.0 Å². The van der Waals surface area contributed by atoms with Crippen molar-refractivity contribution in [3.63, 3.8) is 0 Å². The van der Waals surface area contributed by atoms with Crippen LogP contribution in [0.15, 0.2) is 41.9 Å². The Labute approximate surface area is 125 Å². The molecular formula is C15H13N3O2S. The van der Waals surface area contributed by atoms with Crippen LogP contribution in [0.5, 0.6) is 0 Å². The van der Waals surface area contributed by atoms with Crippen molar-refractivity contribution < 1.29 is 9.53 Å². The number of benzene rings is 1. The number of ether oxygens (including phenoxy) is 1. The van der Waals surface area contributed by atoms with Gasteiger partial charge in [0.15, 0.2) is 0 Å². The molecule has 1 aromatic carbocycles. The van der Waals surface area contributed by atoms with E-state index in [1.807, 2.05) is 23.6 Å². The summed E-state index contributed by atoms with van der Waals surface area (Å²) >= 11 is 1.69. The lowest BCUT2D eigenvalue weighted by atomic mass is 10.2. The molecule has 2 heterocycles. The van der Waals surface area contributed by atoms with Crippen molar-refractivity contribution in [2.45, 2.75) is 0 Å². The lowest BCUT2D eigenvalue weighted by Crippen LogP contribution is -2.07. The van der Waals surface area contributed by atoms with Crippen LogP contribution in [0.2, 0.25) is 0 Å². The number of esters is 1. The van der Waals surface area contributed by atoms with E-state index in [4.69, 9.17) is 10.5 Å². The highest BCUT2D eigenvalue weighted by molar-refractivity contribution is 7.17. The highest BCUT2D eigenvalue weighted by Gasteiger charge is 2.11. The summed E-state index contributed by atoms with van der Waals surface area (Å²) in [6.45, 7) is 0. The van der Waals surface area contributed by atoms with Gasteiger partial charge in [-0.2, -0.15) is 0 Å². The number of pyridine rings is 1. The Bertz CT molecular complexity index is 814. The SMILES string of the molecule is COC(=O)c1cc(Nc2ccc3sccc3c2)ncc1N. The van der Waals surface area contributed by atoms with Gasteiger partial charge in [0.05, 0.1) is 24.6 Å². The smallest absolute Gasteiger partial charge is 0.340 e. The minimum absolute atomic E-state index is 0.292. The number of thiophene rings is 1. The average molecular weight is 299 g/mol. The maximum absolute atomic E-state index is 11.6. The van der Waals surface area contributed by atoms with Gasteiger partial charge in [-0.25, -0.2) is 9.78 Å². The number of aromatic nitrogens is 1. The zero-order valence-corrected chi connectivity index (χ0v) is 12.1. The van der Waals surface area contributed by atoms with Crippen LogP contribution in [-0.2, 0) is 4.74 Å². The van der Waals surface area contributed by atoms with E-state index in [0.29, 0.717) is 17.1 Å². The molecule has 0 atom stereocenters. The Morgan fingerprint density at radius 2 is 2.19 bits per heavy atom. The fourth-order valence-electron chi connectivity index (χ4n) is 2.01. The molecule has 2 aromatic heterocycles. The van der Waals surface area contributed by atoms with Gasteiger partial charge in [0, 0.05) is 10.4 Å². The number of nitrogens with two attached hydrogens (primary N) is 1. The minimum Gasteiger partial charge on any atom is -0.465 e. The molecule has 6 heteroatoms. The molecule has 3 rings (SSSR count). The van der Waals surface area contributed by atoms with Gasteiger partial charge < -0.3 is 15.8 Å². The second-order valence-corrected chi connectivity index (χ2v) is 5.39. The van der Waals surface area contributed by atoms with Crippen molar-refractivity contribution >= 4 is 44.6 Å². The quantitative estimate of drug-likeness (QED) is 0.725. The Balaban J connectivity index is 1.91. The molecule has 0 fully saturated rings. The van der Waals surface area contributed by atoms with E-state index in [-0.39, 0.29) is 0 Å². The first-order valence-electron chi connectivity index (χ1n) is 6.25. The molecule has 21 heavy (non-hydrogen) atoms. The molecule has 0 unspecified atom stereocenters. The zero-order chi connectivity index (χ0) is 14.8. The summed E-state index contributed by atoms with van der Waals surface area (Å²) in [6.07, 6.45) is 1.44. The summed E-state index contributed by atoms with van der Waals surface area (Å²) in [5, 5.41) is 6.37. The Kier molecular flexibility index (Phi) is 3.45. The predicted molar refractivity (Wildman–Crippen MR) is 85.1 cm³/mol. The van der Waals surface area contributed by atoms with Crippen molar-refractivity contribution in [3.05, 3.63) is 47.5 Å². The highest BCUT2D eigenvalue weighted by atomic mass is 32.1. The van der Waals surface area contributed by atoms with Gasteiger partial charge in [-0.15, -0.1) is 11.3 Å². The molecule has 0 saturated heterocycles. The van der Waals surface area contributed by atoms with E-state index in [9.17, 15) is 4.79 Å². The molecule has 0 amide bonds. The Morgan fingerprint density at radius 3 is 3.00 bits per heavy atom. The summed E-state index contributed by atoms with van der Waals surface area (Å²) in [7, 11) is 1.32. The van der Waals surface area contributed by atoms with Crippen LogP contribution in [0.3, 0.4) is 0 Å². The van der Waals surface area contributed by atoms with Crippen molar-refractivity contribution in [2.75, 3.05) is 18.2 Å². The summed E-state index contributed by atoms with van der Waals surface area (Å²) in [5.41, 5.74) is 7.22. The normalized spacial score (nSPS) is 10.5. The molecule has 106 valence electrons. The van der Waals surface area contributed by atoms with Gasteiger partial charge in [0.1, 0.15) is 5.82 Å². The number of carbonyl (C=O) groups is 1. The third-order valence-corrected chi connectivity index (χ3v) is 3.96. The lowest BCUT2D eigenvalue weighted by molar-refractivity contribution is 0.0602. The number of nitrogens with one attached hydrogen (secondary N) is 1. The lowest BCUT2D eigenvalue weighted by Gasteiger charge is -2.09. The molecule has 0 saturated carbocycles. The highest BCUT2D eigenvalue weighted by Crippen LogP contribution is 2.26. The fraction of sp³-hybridized carbons (Fsp3) is 0.0667. The number of hydrogen-bond donors (Lipinski definition) is 2. The first-order valence-corrected chi connectivity index (χ1v) is 7.13. The molecule has 3 N–H and O–H groups in total. The molecule has 3 aromatic rings. The van der Waals surface area contributed by atoms with E-state index in [1.54, 1.807) is 17.4 Å². The number of methoxy groups -OCH3 is 1. The topological polar surface area (TPSA) is 77.2 Å². The van der Waals surface area contributed by atoms with Crippen molar-refractivity contribution in [1.29, 1.82) is 0 Å². The number of carbonyl (C=O) groups excluding carboxylic acids is 1. The number of nitrogen functional groups attached to an aromatic ring is 1. The van der Waals surface area contributed by atoms with E-state index >= 15 is 0 Å². The minimum atomic E-state index is -0.480. The second-order valence-electron chi connectivity index (χ2n) is 4.45. The van der Waals surface area contributed by atoms with Gasteiger partial charge in [0.25, 0.3) is 0 Å². The molecule has 0 radical (unpaired) electrons. The molecule has 0 aliphatic rings. The summed E-state index contributed by atoms with van der Waals surface area (Å²) in [5.74, 6) is 0.0606. The van der Waals surface area contributed by atoms with Gasteiger partial charge in [-0.05, 0) is 41.1 Å². The number of hydrogen-bond acceptors (Lipinski definition) is 6. The number of fused-ring (bicyclic) bond motifs is 1. The maximum Gasteiger partial charge on any atom is 0.340 e. The second kappa shape index (κ2) is 5.41. The van der Waals surface area contributed by atoms with Gasteiger partial charge >= 0.3 is 5.97 Å². The molecule has 0 bridgehead atoms. The molecule has 0 aliphatic heterocycles. The van der Waals surface area contributed by atoms with Crippen molar-refractivity contribution in [3.8, 4) is 0 Å². The van der Waals surface area contributed by atoms with E-state index in [0.717, 1.165) is 11.1 Å². The average Bonchev–Trinajstić information content (AvgIpc) is 2.96. The monoisotopic (exact) mass is 299 g/mol. The van der Waals surface area contributed by atoms with Gasteiger partial charge in [-0.3, -0.25) is 0 Å². The third-order valence-electron chi connectivity index (χ3n) is 3.06. The predicted octanol–water partition coefficient (Wildman–Crippen LogP) is 3.41. The number of rotatable bonds is 3. The summed E-state index contributed by atoms with van der Waals surface area (Å²) < 4.78 is 5.92. The Morgan fingerprint density at radius 1 is 1.33 bits per heavy atom. The summed E-state index contributed by atoms with van der Waals surface area (Å²) in [6, 6.07) is 9.68. The van der Waals surface area contributed by atoms with Crippen LogP contribution in [0.4, 0.5) is 17.2 Å². The third kappa shape index (κ3) is 2.66. The first kappa shape index (κ1) is 13.4. The van der Waals surface area contributed by atoms with Crippen LogP contribution >= 0.6 is 11.3 Å². The number of nitrogens with zero attached hydrogens (tertiary/aromatic N) is 1. The summed E-state index contributed by atoms with van der Waals surface area (Å²) in [4.78, 5) is 15.8. The van der Waals surface area contributed by atoms with E-state index < -0.39 is 5.97 Å². The van der Waals surface area contributed by atoms with Crippen LogP contribution in [0.25, 0.3) is 10.1 Å². The number of anilines is 3. The van der Waals surface area contributed by atoms with Crippen molar-refractivity contribution in [1.82, 2.24) is 4.98 Å². The largest absolute Gasteiger partial charge is 0.465 e. The Hall–Kier alpha value is -2.60. The van der Waals surface area contributed by atoms with Crippen molar-refractivity contribution in [2.24, 2.45) is 0 Å². The standard InChI is InChI=1S/C15H13N3O2S/c1-20-15(19)11-7-14(17-8-12(11)16)18-10-2-3-13-9(6-10)4-5-21-13/h2-8H,16H2,1H3,(H,17,18). The van der Waals surface area contributed by atoms with Crippen LogP contribution < -0.4 is 11.1 Å². The first-order chi connectivity index (χ1) is 10.2. The van der Waals surface area contributed by atoms with Gasteiger partial charge in [0.2, 0.25) is 0 Å².